The van der Waals surface area contributed by atoms with Gasteiger partial charge in [-0.25, -0.2) is 22.9 Å². The summed E-state index contributed by atoms with van der Waals surface area (Å²) in [4.78, 5) is 18.7. The van der Waals surface area contributed by atoms with Crippen LogP contribution in [0.1, 0.15) is 64.0 Å². The summed E-state index contributed by atoms with van der Waals surface area (Å²) in [5, 5.41) is 9.67. The van der Waals surface area contributed by atoms with Crippen LogP contribution in [0.4, 0.5) is 13.2 Å². The van der Waals surface area contributed by atoms with Crippen LogP contribution in [-0.4, -0.2) is 57.9 Å². The molecule has 0 bridgehead atoms. The van der Waals surface area contributed by atoms with Gasteiger partial charge in [0.25, 0.3) is 5.92 Å². The van der Waals surface area contributed by atoms with E-state index < -0.39 is 23.6 Å². The highest BCUT2D eigenvalue weighted by atomic mass is 35.5. The van der Waals surface area contributed by atoms with E-state index in [1.807, 2.05) is 0 Å². The van der Waals surface area contributed by atoms with E-state index in [1.165, 1.54) is 12.1 Å². The number of aromatic nitrogens is 2. The molecule has 3 aromatic carbocycles. The van der Waals surface area contributed by atoms with Crippen LogP contribution in [0.3, 0.4) is 0 Å². The Hall–Kier alpha value is -3.60. The van der Waals surface area contributed by atoms with Gasteiger partial charge in [-0.3, -0.25) is 4.90 Å². The van der Waals surface area contributed by atoms with E-state index in [4.69, 9.17) is 26.1 Å². The summed E-state index contributed by atoms with van der Waals surface area (Å²) >= 11 is 5.88. The minimum absolute atomic E-state index is 0.0590. The number of hydrogen-bond donors (Lipinski definition) is 1. The maximum Gasteiger partial charge on any atom is 0.335 e. The number of rotatable bonds is 7. The van der Waals surface area contributed by atoms with Crippen LogP contribution in [0.5, 0.6) is 5.75 Å². The third kappa shape index (κ3) is 5.22. The van der Waals surface area contributed by atoms with Gasteiger partial charge in [-0.15, -0.1) is 0 Å². The predicted molar refractivity (Wildman–Crippen MR) is 158 cm³/mol. The van der Waals surface area contributed by atoms with Gasteiger partial charge in [0.05, 0.1) is 47.3 Å². The van der Waals surface area contributed by atoms with Gasteiger partial charge in [-0.1, -0.05) is 29.8 Å². The molecule has 1 aromatic heterocycles. The minimum Gasteiger partial charge on any atom is -0.492 e. The summed E-state index contributed by atoms with van der Waals surface area (Å²) in [6, 6.07) is 13.8. The monoisotopic (exact) mass is 625 g/mol. The Morgan fingerprint density at radius 1 is 1.07 bits per heavy atom. The van der Waals surface area contributed by atoms with Gasteiger partial charge in [0.15, 0.2) is 0 Å². The first-order valence-electron chi connectivity index (χ1n) is 14.8. The number of hydrogen-bond acceptors (Lipinski definition) is 5. The second kappa shape index (κ2) is 11.4. The van der Waals surface area contributed by atoms with E-state index in [2.05, 4.69) is 9.47 Å². The normalized spacial score (nSPS) is 21.9. The molecular weight excluding hydrogens is 595 g/mol. The number of carboxylic acid groups (broad SMARTS) is 1. The molecule has 7 rings (SSSR count). The summed E-state index contributed by atoms with van der Waals surface area (Å²) in [6.45, 7) is 2.84. The van der Waals surface area contributed by atoms with Gasteiger partial charge in [0, 0.05) is 17.2 Å². The number of benzene rings is 3. The van der Waals surface area contributed by atoms with Gasteiger partial charge in [-0.05, 0) is 80.2 Å². The largest absolute Gasteiger partial charge is 0.492 e. The molecule has 2 saturated heterocycles. The zero-order chi connectivity index (χ0) is 30.6. The number of ether oxygens (including phenoxy) is 2. The summed E-state index contributed by atoms with van der Waals surface area (Å²) < 4.78 is 60.7. The lowest BCUT2D eigenvalue weighted by Gasteiger charge is -2.38. The fourth-order valence-corrected chi connectivity index (χ4v) is 6.91. The van der Waals surface area contributed by atoms with Crippen LogP contribution in [-0.2, 0) is 23.7 Å². The molecule has 0 amide bonds. The maximum absolute atomic E-state index is 16.2. The van der Waals surface area contributed by atoms with Gasteiger partial charge >= 0.3 is 5.97 Å². The molecule has 2 atom stereocenters. The van der Waals surface area contributed by atoms with Crippen molar-refractivity contribution < 1.29 is 32.5 Å². The zero-order valence-corrected chi connectivity index (χ0v) is 24.6. The zero-order valence-electron chi connectivity index (χ0n) is 23.8. The minimum atomic E-state index is -3.33. The summed E-state index contributed by atoms with van der Waals surface area (Å²) in [5.41, 5.74) is 1.97. The number of alkyl halides is 2. The first-order valence-corrected chi connectivity index (χ1v) is 15.2. The van der Waals surface area contributed by atoms with Crippen LogP contribution in [0.15, 0.2) is 54.6 Å². The molecule has 44 heavy (non-hydrogen) atoms. The second-order valence-corrected chi connectivity index (χ2v) is 12.3. The van der Waals surface area contributed by atoms with Crippen molar-refractivity contribution in [1.82, 2.24) is 14.5 Å². The third-order valence-corrected chi connectivity index (χ3v) is 9.45. The molecule has 4 heterocycles. The molecule has 0 spiro atoms. The predicted octanol–water partition coefficient (Wildman–Crippen LogP) is 6.96. The van der Waals surface area contributed by atoms with Crippen LogP contribution in [0, 0.1) is 5.82 Å². The lowest BCUT2D eigenvalue weighted by Crippen LogP contribution is -2.38. The number of carboxylic acids is 1. The van der Waals surface area contributed by atoms with E-state index in [1.54, 1.807) is 36.4 Å². The van der Waals surface area contributed by atoms with E-state index in [0.29, 0.717) is 51.2 Å². The van der Waals surface area contributed by atoms with Gasteiger partial charge < -0.3 is 19.1 Å². The van der Waals surface area contributed by atoms with Crippen molar-refractivity contribution >= 4 is 28.6 Å². The lowest BCUT2D eigenvalue weighted by atomic mass is 9.79. The fraction of sp³-hybridized carbons (Fsp3) is 0.394. The topological polar surface area (TPSA) is 76.8 Å². The highest BCUT2D eigenvalue weighted by molar-refractivity contribution is 6.30. The number of carbonyl (C=O) groups is 1. The summed E-state index contributed by atoms with van der Waals surface area (Å²) in [6.07, 6.45) is 2.30. The van der Waals surface area contributed by atoms with Crippen molar-refractivity contribution in [3.63, 3.8) is 0 Å². The Labute approximate surface area is 257 Å². The molecule has 230 valence electrons. The van der Waals surface area contributed by atoms with Crippen LogP contribution in [0.2, 0.25) is 5.02 Å². The number of nitrogens with zero attached hydrogens (tertiary/aromatic N) is 3. The molecular formula is C33H31ClF3N3O4. The molecule has 3 aliphatic rings. The molecule has 11 heteroatoms. The first kappa shape index (κ1) is 29.1. The van der Waals surface area contributed by atoms with E-state index in [0.717, 1.165) is 29.3 Å². The Morgan fingerprint density at radius 2 is 1.86 bits per heavy atom. The molecule has 4 aromatic rings. The van der Waals surface area contributed by atoms with Crippen LogP contribution in [0.25, 0.3) is 11.0 Å². The smallest absolute Gasteiger partial charge is 0.335 e. The number of halogens is 4. The van der Waals surface area contributed by atoms with Crippen molar-refractivity contribution in [2.75, 3.05) is 26.3 Å². The highest BCUT2D eigenvalue weighted by Gasteiger charge is 2.51. The Balaban J connectivity index is 1.11. The average molecular weight is 626 g/mol. The number of likely N-dealkylation sites (tertiary alicyclic amines) is 1. The highest BCUT2D eigenvalue weighted by Crippen LogP contribution is 2.53. The quantitative estimate of drug-likeness (QED) is 0.239. The van der Waals surface area contributed by atoms with Crippen molar-refractivity contribution in [2.45, 2.75) is 56.2 Å². The van der Waals surface area contributed by atoms with Gasteiger partial charge in [-0.2, -0.15) is 0 Å². The molecule has 1 N–H and O–H groups in total. The molecule has 7 nitrogen and oxygen atoms in total. The SMILES string of the molecule is O=C(O)c1ccc2nc(CN3CCC(c4cccc5c4C(F)(F)C(c4ccc(Cl)cc4F)CO5)CC3)n(CC3CCO3)c2c1. The van der Waals surface area contributed by atoms with E-state index in [-0.39, 0.29) is 46.1 Å². The molecule has 0 radical (unpaired) electrons. The maximum atomic E-state index is 16.2. The number of piperidine rings is 1. The van der Waals surface area contributed by atoms with Crippen LogP contribution < -0.4 is 4.74 Å². The van der Waals surface area contributed by atoms with Gasteiger partial charge in [0.2, 0.25) is 0 Å². The molecule has 0 saturated carbocycles. The summed E-state index contributed by atoms with van der Waals surface area (Å²) in [7, 11) is 0. The fourth-order valence-electron chi connectivity index (χ4n) is 6.75. The molecule has 2 fully saturated rings. The van der Waals surface area contributed by atoms with Crippen LogP contribution >= 0.6 is 11.6 Å². The number of fused-ring (bicyclic) bond motifs is 2. The van der Waals surface area contributed by atoms with Crippen molar-refractivity contribution in [3.8, 4) is 5.75 Å². The first-order chi connectivity index (χ1) is 21.2. The van der Waals surface area contributed by atoms with Gasteiger partial charge in [0.1, 0.15) is 24.0 Å². The number of aromatic carboxylic acids is 1. The second-order valence-electron chi connectivity index (χ2n) is 11.9. The molecule has 0 aliphatic carbocycles. The van der Waals surface area contributed by atoms with E-state index in [9.17, 15) is 14.3 Å². The average Bonchev–Trinajstić information content (AvgIpc) is 3.31. The van der Waals surface area contributed by atoms with Crippen molar-refractivity contribution in [2.24, 2.45) is 0 Å². The Kier molecular flexibility index (Phi) is 7.54. The molecule has 2 unspecified atom stereocenters. The lowest BCUT2D eigenvalue weighted by molar-refractivity contribution is -0.0652. The summed E-state index contributed by atoms with van der Waals surface area (Å²) in [5.74, 6) is -5.72. The van der Waals surface area contributed by atoms with Crippen molar-refractivity contribution in [3.05, 3.63) is 93.5 Å². The third-order valence-electron chi connectivity index (χ3n) is 9.22. The molecule has 3 aliphatic heterocycles. The Bertz CT molecular complexity index is 1730. The Morgan fingerprint density at radius 3 is 2.57 bits per heavy atom. The van der Waals surface area contributed by atoms with Crippen molar-refractivity contribution in [1.29, 1.82) is 0 Å². The number of imidazole rings is 1. The standard InChI is InChI=1S/C33H31ClF3N3O4/c34-21-5-6-24(26(35)15-21)25-18-44-29-3-1-2-23(31(29)33(25,36)37)19-8-11-39(12-9-19)17-30-38-27-7-4-20(32(41)42)14-28(27)40(30)16-22-10-13-43-22/h1-7,14-15,19,22,25H,8-13,16-18H2,(H,41,42). The van der Waals surface area contributed by atoms with E-state index >= 15 is 8.78 Å².